The van der Waals surface area contributed by atoms with Crippen molar-refractivity contribution in [2.24, 2.45) is 0 Å². The van der Waals surface area contributed by atoms with Crippen LogP contribution >= 0.6 is 12.0 Å². The van der Waals surface area contributed by atoms with E-state index >= 15 is 0 Å². The topological polar surface area (TPSA) is 9.23 Å². The molecule has 1 nitrogen and oxygen atoms in total. The molecule has 0 atom stereocenters. The lowest BCUT2D eigenvalue weighted by atomic mass is 10.1. The van der Waals surface area contributed by atoms with Crippen molar-refractivity contribution in [1.29, 1.82) is 0 Å². The summed E-state index contributed by atoms with van der Waals surface area (Å²) < 4.78 is 5.24. The fourth-order valence-corrected chi connectivity index (χ4v) is 1.63. The lowest BCUT2D eigenvalue weighted by molar-refractivity contribution is 0.402. The van der Waals surface area contributed by atoms with Gasteiger partial charge < -0.3 is 4.18 Å². The van der Waals surface area contributed by atoms with Crippen LogP contribution in [0.2, 0.25) is 0 Å². The standard InChI is InChI=1S/C11H16OS/c1-3-5-10-6-8-11(9-7-10)13-12-4-2/h6-9H,3-5H2,1-2H3. The number of hydrogen-bond donors (Lipinski definition) is 0. The molecular formula is C11H16OS. The van der Waals surface area contributed by atoms with Crippen molar-refractivity contribution in [2.75, 3.05) is 6.61 Å². The van der Waals surface area contributed by atoms with E-state index < -0.39 is 0 Å². The third-order valence-electron chi connectivity index (χ3n) is 1.74. The highest BCUT2D eigenvalue weighted by atomic mass is 32.2. The first-order valence-corrected chi connectivity index (χ1v) is 5.49. The zero-order chi connectivity index (χ0) is 9.52. The predicted molar refractivity (Wildman–Crippen MR) is 57.9 cm³/mol. The van der Waals surface area contributed by atoms with Crippen LogP contribution in [0.15, 0.2) is 29.2 Å². The second-order valence-electron chi connectivity index (χ2n) is 2.88. The Bertz CT molecular complexity index is 230. The molecule has 1 aromatic carbocycles. The maximum absolute atomic E-state index is 5.24. The van der Waals surface area contributed by atoms with Gasteiger partial charge in [-0.3, -0.25) is 0 Å². The Labute approximate surface area is 84.7 Å². The van der Waals surface area contributed by atoms with E-state index in [1.807, 2.05) is 6.92 Å². The molecule has 13 heavy (non-hydrogen) atoms. The molecule has 0 amide bonds. The van der Waals surface area contributed by atoms with Crippen molar-refractivity contribution in [3.05, 3.63) is 29.8 Å². The second kappa shape index (κ2) is 6.06. The normalized spacial score (nSPS) is 10.3. The molecule has 1 rings (SSSR count). The van der Waals surface area contributed by atoms with Crippen LogP contribution in [0, 0.1) is 0 Å². The molecule has 0 N–H and O–H groups in total. The summed E-state index contributed by atoms with van der Waals surface area (Å²) in [7, 11) is 0. The molecule has 1 aromatic rings. The summed E-state index contributed by atoms with van der Waals surface area (Å²) in [6.07, 6.45) is 2.37. The molecule has 0 fully saturated rings. The highest BCUT2D eigenvalue weighted by Gasteiger charge is 1.94. The van der Waals surface area contributed by atoms with E-state index in [1.54, 1.807) is 0 Å². The summed E-state index contributed by atoms with van der Waals surface area (Å²) in [4.78, 5) is 1.18. The van der Waals surface area contributed by atoms with Crippen LogP contribution < -0.4 is 0 Å². The zero-order valence-electron chi connectivity index (χ0n) is 8.25. The third kappa shape index (κ3) is 3.83. The van der Waals surface area contributed by atoms with Gasteiger partial charge in [0, 0.05) is 16.9 Å². The van der Waals surface area contributed by atoms with E-state index in [0.717, 1.165) is 6.61 Å². The van der Waals surface area contributed by atoms with Crippen LogP contribution in [0.4, 0.5) is 0 Å². The molecule has 0 heterocycles. The maximum Gasteiger partial charge on any atom is 0.0590 e. The summed E-state index contributed by atoms with van der Waals surface area (Å²) >= 11 is 1.45. The van der Waals surface area contributed by atoms with Gasteiger partial charge in [0.2, 0.25) is 0 Å². The number of benzene rings is 1. The maximum atomic E-state index is 5.24. The Morgan fingerprint density at radius 1 is 1.15 bits per heavy atom. The van der Waals surface area contributed by atoms with E-state index in [1.165, 1.54) is 35.3 Å². The quantitative estimate of drug-likeness (QED) is 0.664. The van der Waals surface area contributed by atoms with E-state index in [-0.39, 0.29) is 0 Å². The molecule has 0 radical (unpaired) electrons. The first kappa shape index (κ1) is 10.6. The van der Waals surface area contributed by atoms with Gasteiger partial charge in [-0.1, -0.05) is 25.5 Å². The molecule has 0 spiro atoms. The molecule has 0 saturated heterocycles. The fourth-order valence-electron chi connectivity index (χ4n) is 1.13. The zero-order valence-corrected chi connectivity index (χ0v) is 9.06. The Morgan fingerprint density at radius 2 is 1.85 bits per heavy atom. The van der Waals surface area contributed by atoms with Gasteiger partial charge in [-0.25, -0.2) is 0 Å². The van der Waals surface area contributed by atoms with Crippen molar-refractivity contribution >= 4 is 12.0 Å². The lowest BCUT2D eigenvalue weighted by Gasteiger charge is -2.01. The monoisotopic (exact) mass is 196 g/mol. The highest BCUT2D eigenvalue weighted by molar-refractivity contribution is 7.94. The van der Waals surface area contributed by atoms with E-state index in [2.05, 4.69) is 31.2 Å². The van der Waals surface area contributed by atoms with Gasteiger partial charge in [0.05, 0.1) is 6.61 Å². The van der Waals surface area contributed by atoms with Gasteiger partial charge in [0.25, 0.3) is 0 Å². The van der Waals surface area contributed by atoms with Crippen molar-refractivity contribution in [1.82, 2.24) is 0 Å². The second-order valence-corrected chi connectivity index (χ2v) is 3.76. The van der Waals surface area contributed by atoms with Crippen LogP contribution in [0.1, 0.15) is 25.8 Å². The Kier molecular flexibility index (Phi) is 4.94. The number of aryl methyl sites for hydroxylation is 1. The van der Waals surface area contributed by atoms with Gasteiger partial charge in [0.15, 0.2) is 0 Å². The molecule has 0 aliphatic heterocycles. The van der Waals surface area contributed by atoms with Crippen molar-refractivity contribution in [3.8, 4) is 0 Å². The predicted octanol–water partition coefficient (Wildman–Crippen LogP) is 3.68. The van der Waals surface area contributed by atoms with Crippen molar-refractivity contribution in [2.45, 2.75) is 31.6 Å². The summed E-state index contributed by atoms with van der Waals surface area (Å²) in [5, 5.41) is 0. The van der Waals surface area contributed by atoms with Crippen LogP contribution in [0.25, 0.3) is 0 Å². The van der Waals surface area contributed by atoms with Gasteiger partial charge in [-0.2, -0.15) is 0 Å². The molecule has 0 bridgehead atoms. The van der Waals surface area contributed by atoms with Gasteiger partial charge in [-0.05, 0) is 31.0 Å². The van der Waals surface area contributed by atoms with Crippen molar-refractivity contribution < 1.29 is 4.18 Å². The molecule has 2 heteroatoms. The smallest absolute Gasteiger partial charge is 0.0590 e. The molecule has 72 valence electrons. The average Bonchev–Trinajstić information content (AvgIpc) is 2.17. The lowest BCUT2D eigenvalue weighted by Crippen LogP contribution is -1.83. The van der Waals surface area contributed by atoms with Crippen LogP contribution in [0.3, 0.4) is 0 Å². The minimum absolute atomic E-state index is 0.751. The van der Waals surface area contributed by atoms with Gasteiger partial charge >= 0.3 is 0 Å². The third-order valence-corrected chi connectivity index (χ3v) is 2.55. The number of rotatable bonds is 5. The van der Waals surface area contributed by atoms with Gasteiger partial charge in [0.1, 0.15) is 0 Å². The molecule has 0 aliphatic rings. The summed E-state index contributed by atoms with van der Waals surface area (Å²) in [6, 6.07) is 8.58. The fraction of sp³-hybridized carbons (Fsp3) is 0.455. The SMILES string of the molecule is CCCc1ccc(SOCC)cc1. The minimum atomic E-state index is 0.751. The summed E-state index contributed by atoms with van der Waals surface area (Å²) in [5.74, 6) is 0. The summed E-state index contributed by atoms with van der Waals surface area (Å²) in [6.45, 7) is 4.95. The molecule has 0 aromatic heterocycles. The van der Waals surface area contributed by atoms with E-state index in [9.17, 15) is 0 Å². The molecule has 0 aliphatic carbocycles. The summed E-state index contributed by atoms with van der Waals surface area (Å²) in [5.41, 5.74) is 1.41. The first-order valence-electron chi connectivity index (χ1n) is 4.75. The minimum Gasteiger partial charge on any atom is -0.311 e. The Morgan fingerprint density at radius 3 is 2.38 bits per heavy atom. The Hall–Kier alpha value is -0.470. The molecular weight excluding hydrogens is 180 g/mol. The first-order chi connectivity index (χ1) is 6.36. The number of hydrogen-bond acceptors (Lipinski definition) is 2. The van der Waals surface area contributed by atoms with Crippen LogP contribution in [-0.2, 0) is 10.6 Å². The van der Waals surface area contributed by atoms with Gasteiger partial charge in [-0.15, -0.1) is 0 Å². The largest absolute Gasteiger partial charge is 0.311 e. The Balaban J connectivity index is 2.48. The van der Waals surface area contributed by atoms with Crippen LogP contribution in [0.5, 0.6) is 0 Å². The van der Waals surface area contributed by atoms with Crippen molar-refractivity contribution in [3.63, 3.8) is 0 Å². The highest BCUT2D eigenvalue weighted by Crippen LogP contribution is 2.19. The van der Waals surface area contributed by atoms with E-state index in [0.29, 0.717) is 0 Å². The van der Waals surface area contributed by atoms with E-state index in [4.69, 9.17) is 4.18 Å². The van der Waals surface area contributed by atoms with Crippen LogP contribution in [-0.4, -0.2) is 6.61 Å². The average molecular weight is 196 g/mol. The molecule has 0 unspecified atom stereocenters. The molecule has 0 saturated carbocycles.